The molecule has 1 aromatic carbocycles. The number of hydrogen-bond acceptors (Lipinski definition) is 4. The van der Waals surface area contributed by atoms with Crippen LogP contribution in [0.3, 0.4) is 0 Å². The summed E-state index contributed by atoms with van der Waals surface area (Å²) in [5, 5.41) is 13.2. The van der Waals surface area contributed by atoms with Crippen LogP contribution in [0.4, 0.5) is 4.39 Å². The van der Waals surface area contributed by atoms with E-state index in [0.717, 1.165) is 26.2 Å². The maximum absolute atomic E-state index is 13.3. The number of alkyl halides is 1. The first-order valence-electron chi connectivity index (χ1n) is 6.14. The molecule has 7 heteroatoms. The van der Waals surface area contributed by atoms with Gasteiger partial charge < -0.3 is 15.2 Å². The van der Waals surface area contributed by atoms with Crippen molar-refractivity contribution >= 4 is 24.8 Å². The quantitative estimate of drug-likeness (QED) is 0.890. The lowest BCUT2D eigenvalue weighted by Crippen LogP contribution is -2.45. The summed E-state index contributed by atoms with van der Waals surface area (Å²) in [7, 11) is 1.54. The van der Waals surface area contributed by atoms with Gasteiger partial charge in [0.25, 0.3) is 0 Å². The van der Waals surface area contributed by atoms with Crippen molar-refractivity contribution in [3.8, 4) is 11.5 Å². The molecule has 0 unspecified atom stereocenters. The number of rotatable bonds is 4. The van der Waals surface area contributed by atoms with E-state index in [1.54, 1.807) is 12.1 Å². The molecular formula is C13H21Cl2FN2O2. The number of phenols is 1. The number of aromatic hydroxyl groups is 1. The first-order valence-corrected chi connectivity index (χ1v) is 6.14. The monoisotopic (exact) mass is 326 g/mol. The third kappa shape index (κ3) is 4.38. The number of nitrogens with one attached hydrogen (secondary N) is 1. The molecule has 1 heterocycles. The van der Waals surface area contributed by atoms with Gasteiger partial charge in [0.1, 0.15) is 18.2 Å². The average Bonchev–Trinajstić information content (AvgIpc) is 2.42. The molecule has 4 nitrogen and oxygen atoms in total. The van der Waals surface area contributed by atoms with Gasteiger partial charge in [-0.25, -0.2) is 4.39 Å². The van der Waals surface area contributed by atoms with Crippen molar-refractivity contribution in [3.63, 3.8) is 0 Å². The number of hydrogen-bond donors (Lipinski definition) is 2. The van der Waals surface area contributed by atoms with E-state index < -0.39 is 6.67 Å². The fourth-order valence-corrected chi connectivity index (χ4v) is 2.30. The van der Waals surface area contributed by atoms with E-state index in [2.05, 4.69) is 10.2 Å². The van der Waals surface area contributed by atoms with Gasteiger partial charge in [-0.2, -0.15) is 0 Å². The summed E-state index contributed by atoms with van der Waals surface area (Å²) in [4.78, 5) is 2.05. The van der Waals surface area contributed by atoms with Gasteiger partial charge >= 0.3 is 0 Å². The Bertz CT molecular complexity index is 404. The summed E-state index contributed by atoms with van der Waals surface area (Å²) in [6.45, 7) is 2.79. The minimum Gasteiger partial charge on any atom is -0.507 e. The summed E-state index contributed by atoms with van der Waals surface area (Å²) >= 11 is 0. The predicted octanol–water partition coefficient (Wildman–Crippen LogP) is 2.16. The lowest BCUT2D eigenvalue weighted by molar-refractivity contribution is 0.145. The standard InChI is InChI=1S/C13H19FN2O2.2ClH/c1-18-10-2-3-11(13(17)8-10)12(9-14)16-6-4-15-5-7-16;;/h2-3,8,12,15,17H,4-7,9H2,1H3;2*1H/t12-;;/m1../s1. The second-order valence-electron chi connectivity index (χ2n) is 4.38. The smallest absolute Gasteiger partial charge is 0.124 e. The fraction of sp³-hybridized carbons (Fsp3) is 0.538. The van der Waals surface area contributed by atoms with Crippen LogP contribution in [0, 0.1) is 0 Å². The third-order valence-electron chi connectivity index (χ3n) is 3.34. The topological polar surface area (TPSA) is 44.7 Å². The van der Waals surface area contributed by atoms with Crippen LogP contribution in [-0.2, 0) is 0 Å². The second kappa shape index (κ2) is 9.23. The Kier molecular flexibility index (Phi) is 8.89. The van der Waals surface area contributed by atoms with Crippen molar-refractivity contribution in [1.29, 1.82) is 0 Å². The van der Waals surface area contributed by atoms with Crippen LogP contribution in [0.2, 0.25) is 0 Å². The fourth-order valence-electron chi connectivity index (χ4n) is 2.30. The molecule has 1 aliphatic heterocycles. The average molecular weight is 327 g/mol. The van der Waals surface area contributed by atoms with Crippen molar-refractivity contribution in [3.05, 3.63) is 23.8 Å². The Balaban J connectivity index is 0.00000180. The van der Waals surface area contributed by atoms with E-state index >= 15 is 0 Å². The van der Waals surface area contributed by atoms with Crippen molar-refractivity contribution in [2.24, 2.45) is 0 Å². The van der Waals surface area contributed by atoms with Crippen LogP contribution < -0.4 is 10.1 Å². The van der Waals surface area contributed by atoms with E-state index in [9.17, 15) is 9.50 Å². The SMILES string of the molecule is COc1ccc([C@@H](CF)N2CCNCC2)c(O)c1.Cl.Cl. The third-order valence-corrected chi connectivity index (χ3v) is 3.34. The number of ether oxygens (including phenoxy) is 1. The summed E-state index contributed by atoms with van der Waals surface area (Å²) in [5.74, 6) is 0.671. The van der Waals surface area contributed by atoms with Crippen LogP contribution in [0.25, 0.3) is 0 Å². The summed E-state index contributed by atoms with van der Waals surface area (Å²) < 4.78 is 18.3. The molecule has 0 aromatic heterocycles. The lowest BCUT2D eigenvalue weighted by Gasteiger charge is -2.33. The molecule has 1 saturated heterocycles. The minimum absolute atomic E-state index is 0. The van der Waals surface area contributed by atoms with Crippen LogP contribution in [0.15, 0.2) is 18.2 Å². The molecular weight excluding hydrogens is 306 g/mol. The zero-order valence-electron chi connectivity index (χ0n) is 11.3. The Morgan fingerprint density at radius 1 is 1.35 bits per heavy atom. The van der Waals surface area contributed by atoms with Crippen LogP contribution in [-0.4, -0.2) is 50.0 Å². The van der Waals surface area contributed by atoms with Crippen molar-refractivity contribution < 1.29 is 14.2 Å². The van der Waals surface area contributed by atoms with Crippen molar-refractivity contribution in [2.75, 3.05) is 40.0 Å². The molecule has 2 N–H and O–H groups in total. The molecule has 1 atom stereocenters. The molecule has 0 spiro atoms. The molecule has 1 fully saturated rings. The van der Waals surface area contributed by atoms with Crippen LogP contribution in [0.1, 0.15) is 11.6 Å². The lowest BCUT2D eigenvalue weighted by atomic mass is 10.0. The molecule has 0 amide bonds. The largest absolute Gasteiger partial charge is 0.507 e. The first kappa shape index (κ1) is 19.2. The highest BCUT2D eigenvalue weighted by Crippen LogP contribution is 2.32. The van der Waals surface area contributed by atoms with Crippen LogP contribution in [0.5, 0.6) is 11.5 Å². The second-order valence-corrected chi connectivity index (χ2v) is 4.38. The van der Waals surface area contributed by atoms with Gasteiger partial charge in [-0.05, 0) is 12.1 Å². The molecule has 1 aliphatic rings. The predicted molar refractivity (Wildman–Crippen MR) is 82.3 cm³/mol. The number of benzene rings is 1. The van der Waals surface area contributed by atoms with Crippen molar-refractivity contribution in [1.82, 2.24) is 10.2 Å². The van der Waals surface area contributed by atoms with Gasteiger partial charge in [-0.15, -0.1) is 24.8 Å². The molecule has 20 heavy (non-hydrogen) atoms. The van der Waals surface area contributed by atoms with Gasteiger partial charge in [0.2, 0.25) is 0 Å². The molecule has 0 radical (unpaired) electrons. The van der Waals surface area contributed by atoms with Gasteiger partial charge in [-0.3, -0.25) is 4.90 Å². The van der Waals surface area contributed by atoms with E-state index in [1.807, 2.05) is 0 Å². The zero-order valence-corrected chi connectivity index (χ0v) is 13.0. The molecule has 1 aromatic rings. The molecule has 0 bridgehead atoms. The molecule has 2 rings (SSSR count). The van der Waals surface area contributed by atoms with Gasteiger partial charge in [0.05, 0.1) is 13.2 Å². The van der Waals surface area contributed by atoms with E-state index in [-0.39, 0.29) is 36.6 Å². The molecule has 0 aliphatic carbocycles. The number of piperazine rings is 1. The minimum atomic E-state index is -0.500. The Morgan fingerprint density at radius 3 is 2.50 bits per heavy atom. The Morgan fingerprint density at radius 2 is 2.00 bits per heavy atom. The van der Waals surface area contributed by atoms with E-state index in [1.165, 1.54) is 13.2 Å². The normalized spacial score (nSPS) is 16.7. The van der Waals surface area contributed by atoms with E-state index in [4.69, 9.17) is 4.74 Å². The van der Waals surface area contributed by atoms with Crippen molar-refractivity contribution in [2.45, 2.75) is 6.04 Å². The Labute approximate surface area is 131 Å². The highest BCUT2D eigenvalue weighted by molar-refractivity contribution is 5.85. The number of phenolic OH excluding ortho intramolecular Hbond substituents is 1. The Hall–Kier alpha value is -0.750. The molecule has 116 valence electrons. The summed E-state index contributed by atoms with van der Waals surface area (Å²) in [5.41, 5.74) is 0.625. The highest BCUT2D eigenvalue weighted by atomic mass is 35.5. The number of halogens is 3. The van der Waals surface area contributed by atoms with Gasteiger partial charge in [0.15, 0.2) is 0 Å². The zero-order chi connectivity index (χ0) is 13.0. The molecule has 0 saturated carbocycles. The number of nitrogens with zero attached hydrogens (tertiary/aromatic N) is 1. The van der Waals surface area contributed by atoms with E-state index in [0.29, 0.717) is 11.3 Å². The summed E-state index contributed by atoms with van der Waals surface area (Å²) in [6.07, 6.45) is 0. The highest BCUT2D eigenvalue weighted by Gasteiger charge is 2.24. The maximum Gasteiger partial charge on any atom is 0.124 e. The van der Waals surface area contributed by atoms with Gasteiger partial charge in [-0.1, -0.05) is 0 Å². The first-order chi connectivity index (χ1) is 8.76. The summed E-state index contributed by atoms with van der Waals surface area (Å²) in [6, 6.07) is 4.64. The van der Waals surface area contributed by atoms with Crippen LogP contribution >= 0.6 is 24.8 Å². The number of methoxy groups -OCH3 is 1. The van der Waals surface area contributed by atoms with Gasteiger partial charge in [0, 0.05) is 37.8 Å². The maximum atomic E-state index is 13.3.